The summed E-state index contributed by atoms with van der Waals surface area (Å²) in [4.78, 5) is 2.33. The van der Waals surface area contributed by atoms with Crippen molar-refractivity contribution in [2.24, 2.45) is 5.92 Å². The van der Waals surface area contributed by atoms with E-state index in [0.29, 0.717) is 12.3 Å². The summed E-state index contributed by atoms with van der Waals surface area (Å²) in [6.07, 6.45) is 0.416. The van der Waals surface area contributed by atoms with E-state index in [4.69, 9.17) is 5.11 Å². The molecule has 0 radical (unpaired) electrons. The quantitative estimate of drug-likeness (QED) is 0.808. The molecule has 0 saturated heterocycles. The van der Waals surface area contributed by atoms with E-state index in [2.05, 4.69) is 37.5 Å². The maximum atomic E-state index is 13.4. The summed E-state index contributed by atoms with van der Waals surface area (Å²) in [6, 6.07) is 4.76. The summed E-state index contributed by atoms with van der Waals surface area (Å²) >= 11 is 0. The predicted octanol–water partition coefficient (Wildman–Crippen LogP) is 3.04. The molecule has 0 aliphatic rings. The molecule has 1 aromatic carbocycles. The predicted molar refractivity (Wildman–Crippen MR) is 80.8 cm³/mol. The van der Waals surface area contributed by atoms with Gasteiger partial charge in [-0.25, -0.2) is 4.39 Å². The van der Waals surface area contributed by atoms with Crippen molar-refractivity contribution in [2.45, 2.75) is 33.7 Å². The number of hydrogen-bond acceptors (Lipinski definition) is 2. The van der Waals surface area contributed by atoms with Crippen LogP contribution < -0.4 is 0 Å². The van der Waals surface area contributed by atoms with Crippen LogP contribution in [0.15, 0.2) is 18.2 Å². The lowest BCUT2D eigenvalue weighted by molar-refractivity contribution is 0.248. The molecule has 0 saturated carbocycles. The SMILES string of the molecule is CCN(Cc1ccc(F)cc1C#CCCO)CC(C)C. The second kappa shape index (κ2) is 8.73. The van der Waals surface area contributed by atoms with Gasteiger partial charge in [-0.05, 0) is 30.2 Å². The fourth-order valence-electron chi connectivity index (χ4n) is 2.08. The fourth-order valence-corrected chi connectivity index (χ4v) is 2.08. The highest BCUT2D eigenvalue weighted by atomic mass is 19.1. The van der Waals surface area contributed by atoms with Crippen molar-refractivity contribution >= 4 is 0 Å². The van der Waals surface area contributed by atoms with E-state index in [9.17, 15) is 4.39 Å². The largest absolute Gasteiger partial charge is 0.395 e. The van der Waals surface area contributed by atoms with Gasteiger partial charge in [-0.3, -0.25) is 4.90 Å². The van der Waals surface area contributed by atoms with Gasteiger partial charge in [-0.2, -0.15) is 0 Å². The van der Waals surface area contributed by atoms with Crippen molar-refractivity contribution in [2.75, 3.05) is 19.7 Å². The van der Waals surface area contributed by atoms with Crippen LogP contribution in [-0.4, -0.2) is 29.7 Å². The van der Waals surface area contributed by atoms with Crippen LogP contribution in [0.1, 0.15) is 38.3 Å². The van der Waals surface area contributed by atoms with Gasteiger partial charge < -0.3 is 5.11 Å². The van der Waals surface area contributed by atoms with Crippen LogP contribution in [0.25, 0.3) is 0 Å². The second-order valence-corrected chi connectivity index (χ2v) is 5.30. The molecular weight excluding hydrogens is 253 g/mol. The van der Waals surface area contributed by atoms with Crippen LogP contribution in [0, 0.1) is 23.6 Å². The number of aliphatic hydroxyl groups is 1. The molecule has 0 unspecified atom stereocenters. The number of benzene rings is 1. The van der Waals surface area contributed by atoms with Crippen molar-refractivity contribution in [3.05, 3.63) is 35.1 Å². The van der Waals surface area contributed by atoms with Crippen LogP contribution in [0.5, 0.6) is 0 Å². The molecule has 0 heterocycles. The van der Waals surface area contributed by atoms with E-state index in [-0.39, 0.29) is 12.4 Å². The molecule has 0 amide bonds. The Kier molecular flexibility index (Phi) is 7.28. The van der Waals surface area contributed by atoms with Gasteiger partial charge in [0.2, 0.25) is 0 Å². The Bertz CT molecular complexity index is 474. The third kappa shape index (κ3) is 5.73. The molecule has 0 atom stereocenters. The second-order valence-electron chi connectivity index (χ2n) is 5.30. The van der Waals surface area contributed by atoms with E-state index in [1.807, 2.05) is 0 Å². The molecule has 0 spiro atoms. The number of aliphatic hydroxyl groups excluding tert-OH is 1. The van der Waals surface area contributed by atoms with Crippen molar-refractivity contribution in [1.29, 1.82) is 0 Å². The van der Waals surface area contributed by atoms with E-state index < -0.39 is 0 Å². The Morgan fingerprint density at radius 2 is 2.10 bits per heavy atom. The van der Waals surface area contributed by atoms with Gasteiger partial charge in [0.1, 0.15) is 5.82 Å². The first-order valence-corrected chi connectivity index (χ1v) is 7.17. The minimum atomic E-state index is -0.269. The number of hydrogen-bond donors (Lipinski definition) is 1. The summed E-state index contributed by atoms with van der Waals surface area (Å²) < 4.78 is 13.4. The standard InChI is InChI=1S/C17H24FNO/c1-4-19(12-14(2)3)13-16-8-9-17(18)11-15(16)7-5-6-10-20/h8-9,11,14,20H,4,6,10,12-13H2,1-3H3. The topological polar surface area (TPSA) is 23.5 Å². The maximum absolute atomic E-state index is 13.4. The Morgan fingerprint density at radius 1 is 1.35 bits per heavy atom. The molecule has 2 nitrogen and oxygen atoms in total. The van der Waals surface area contributed by atoms with Crippen LogP contribution >= 0.6 is 0 Å². The molecule has 1 N–H and O–H groups in total. The lowest BCUT2D eigenvalue weighted by atomic mass is 10.1. The summed E-state index contributed by atoms with van der Waals surface area (Å²) in [5, 5.41) is 8.77. The summed E-state index contributed by atoms with van der Waals surface area (Å²) in [6.45, 7) is 9.29. The van der Waals surface area contributed by atoms with Crippen LogP contribution in [0.4, 0.5) is 4.39 Å². The third-order valence-electron chi connectivity index (χ3n) is 3.00. The first-order valence-electron chi connectivity index (χ1n) is 7.17. The summed E-state index contributed by atoms with van der Waals surface area (Å²) in [5.41, 5.74) is 1.76. The number of halogens is 1. The van der Waals surface area contributed by atoms with Gasteiger partial charge in [0.05, 0.1) is 6.61 Å². The zero-order chi connectivity index (χ0) is 15.0. The molecule has 0 bridgehead atoms. The highest BCUT2D eigenvalue weighted by molar-refractivity contribution is 5.41. The zero-order valence-electron chi connectivity index (χ0n) is 12.6. The van der Waals surface area contributed by atoms with E-state index in [0.717, 1.165) is 30.8 Å². The van der Waals surface area contributed by atoms with Gasteiger partial charge >= 0.3 is 0 Å². The highest BCUT2D eigenvalue weighted by Crippen LogP contribution is 2.14. The van der Waals surface area contributed by atoms with Crippen LogP contribution in [0.2, 0.25) is 0 Å². The van der Waals surface area contributed by atoms with Crippen LogP contribution in [0.3, 0.4) is 0 Å². The Hall–Kier alpha value is -1.37. The summed E-state index contributed by atoms with van der Waals surface area (Å²) in [7, 11) is 0. The molecule has 1 aromatic rings. The molecule has 20 heavy (non-hydrogen) atoms. The first-order chi connectivity index (χ1) is 9.56. The molecule has 0 aliphatic carbocycles. The third-order valence-corrected chi connectivity index (χ3v) is 3.00. The van der Waals surface area contributed by atoms with Crippen molar-refractivity contribution in [3.8, 4) is 11.8 Å². The molecule has 110 valence electrons. The Morgan fingerprint density at radius 3 is 2.70 bits per heavy atom. The lowest BCUT2D eigenvalue weighted by Gasteiger charge is -2.23. The van der Waals surface area contributed by atoms with Crippen molar-refractivity contribution in [3.63, 3.8) is 0 Å². The van der Waals surface area contributed by atoms with Gasteiger partial charge in [0.25, 0.3) is 0 Å². The van der Waals surface area contributed by atoms with Gasteiger partial charge in [-0.1, -0.05) is 38.7 Å². The van der Waals surface area contributed by atoms with Gasteiger partial charge in [0.15, 0.2) is 0 Å². The van der Waals surface area contributed by atoms with Gasteiger partial charge in [0, 0.05) is 25.1 Å². The Labute approximate surface area is 121 Å². The normalized spacial score (nSPS) is 10.8. The molecule has 0 aliphatic heterocycles. The highest BCUT2D eigenvalue weighted by Gasteiger charge is 2.09. The smallest absolute Gasteiger partial charge is 0.124 e. The van der Waals surface area contributed by atoms with Crippen LogP contribution in [-0.2, 0) is 6.54 Å². The number of rotatable bonds is 6. The van der Waals surface area contributed by atoms with Crippen molar-refractivity contribution in [1.82, 2.24) is 4.90 Å². The fraction of sp³-hybridized carbons (Fsp3) is 0.529. The number of nitrogens with zero attached hydrogens (tertiary/aromatic N) is 1. The molecular formula is C17H24FNO. The monoisotopic (exact) mass is 277 g/mol. The molecule has 0 aromatic heterocycles. The molecule has 0 fully saturated rings. The van der Waals surface area contributed by atoms with E-state index in [1.165, 1.54) is 12.1 Å². The maximum Gasteiger partial charge on any atom is 0.124 e. The Balaban J connectivity index is 2.90. The zero-order valence-corrected chi connectivity index (χ0v) is 12.6. The van der Waals surface area contributed by atoms with E-state index >= 15 is 0 Å². The summed E-state index contributed by atoms with van der Waals surface area (Å²) in [5.74, 6) is 6.15. The minimum Gasteiger partial charge on any atom is -0.395 e. The average Bonchev–Trinajstić information content (AvgIpc) is 2.40. The molecule has 1 rings (SSSR count). The van der Waals surface area contributed by atoms with Gasteiger partial charge in [-0.15, -0.1) is 0 Å². The minimum absolute atomic E-state index is 0.0338. The van der Waals surface area contributed by atoms with Crippen molar-refractivity contribution < 1.29 is 9.50 Å². The van der Waals surface area contributed by atoms with E-state index in [1.54, 1.807) is 6.07 Å². The lowest BCUT2D eigenvalue weighted by Crippen LogP contribution is -2.27. The first kappa shape index (κ1) is 16.7. The molecule has 3 heteroatoms. The average molecular weight is 277 g/mol.